The summed E-state index contributed by atoms with van der Waals surface area (Å²) in [5.41, 5.74) is -0.253. The molecule has 0 saturated carbocycles. The third-order valence-electron chi connectivity index (χ3n) is 8.76. The van der Waals surface area contributed by atoms with Gasteiger partial charge in [0.1, 0.15) is 18.0 Å². The number of hydrogen-bond acceptors (Lipinski definition) is 10. The number of nitrogens with zero attached hydrogens (tertiary/aromatic N) is 7. The van der Waals surface area contributed by atoms with Crippen molar-refractivity contribution in [2.24, 2.45) is 0 Å². The van der Waals surface area contributed by atoms with Crippen LogP contribution in [0.2, 0.25) is 5.02 Å². The molecule has 2 saturated heterocycles. The Morgan fingerprint density at radius 1 is 1.11 bits per heavy atom. The number of alkyl halides is 3. The second kappa shape index (κ2) is 13.9. The predicted octanol–water partition coefficient (Wildman–Crippen LogP) is 5.15. The Labute approximate surface area is 278 Å². The molecule has 1 amide bonds. The van der Waals surface area contributed by atoms with Gasteiger partial charge in [0.15, 0.2) is 0 Å². The number of halogens is 4. The average molecular weight is 680 g/mol. The summed E-state index contributed by atoms with van der Waals surface area (Å²) in [5.74, 6) is 0.591. The maximum absolute atomic E-state index is 14.1. The van der Waals surface area contributed by atoms with Gasteiger partial charge in [-0.15, -0.1) is 0 Å². The number of nitriles is 1. The van der Waals surface area contributed by atoms with Gasteiger partial charge >= 0.3 is 18.3 Å². The van der Waals surface area contributed by atoms with Crippen LogP contribution in [0.25, 0.3) is 0 Å². The number of amides is 1. The predicted molar refractivity (Wildman–Crippen MR) is 170 cm³/mol. The molecule has 2 aromatic rings. The van der Waals surface area contributed by atoms with Gasteiger partial charge in [-0.25, -0.2) is 4.79 Å². The summed E-state index contributed by atoms with van der Waals surface area (Å²) in [7, 11) is 3.67. The summed E-state index contributed by atoms with van der Waals surface area (Å²) in [6.45, 7) is 7.80. The highest BCUT2D eigenvalue weighted by molar-refractivity contribution is 6.31. The summed E-state index contributed by atoms with van der Waals surface area (Å²) >= 11 is 6.06. The van der Waals surface area contributed by atoms with Crippen molar-refractivity contribution in [3.8, 4) is 12.1 Å². The van der Waals surface area contributed by atoms with Crippen molar-refractivity contribution >= 4 is 29.2 Å². The number of benzene rings is 1. The largest absolute Gasteiger partial charge is 0.462 e. The van der Waals surface area contributed by atoms with Crippen molar-refractivity contribution in [2.75, 3.05) is 63.3 Å². The highest BCUT2D eigenvalue weighted by Gasteiger charge is 2.40. The normalized spacial score (nSPS) is 22.2. The van der Waals surface area contributed by atoms with Crippen molar-refractivity contribution < 1.29 is 32.2 Å². The molecular weight excluding hydrogens is 639 g/mol. The van der Waals surface area contributed by atoms with Gasteiger partial charge in [-0.1, -0.05) is 17.7 Å². The number of ether oxygens (including phenoxy) is 3. The van der Waals surface area contributed by atoms with E-state index in [1.54, 1.807) is 37.7 Å². The molecular formula is C32H41ClF3N7O4. The lowest BCUT2D eigenvalue weighted by Gasteiger charge is -2.42. The molecule has 5 rings (SSSR count). The average Bonchev–Trinajstić information content (AvgIpc) is 3.37. The van der Waals surface area contributed by atoms with Gasteiger partial charge in [-0.3, -0.25) is 4.90 Å². The number of aromatic nitrogens is 2. The number of piperazine rings is 1. The smallest absolute Gasteiger partial charge is 0.419 e. The van der Waals surface area contributed by atoms with Gasteiger partial charge in [-0.2, -0.15) is 28.4 Å². The van der Waals surface area contributed by atoms with Crippen LogP contribution in [0.3, 0.4) is 0 Å². The van der Waals surface area contributed by atoms with Gasteiger partial charge in [0, 0.05) is 51.4 Å². The molecule has 0 aliphatic carbocycles. The summed E-state index contributed by atoms with van der Waals surface area (Å²) in [6, 6.07) is 6.07. The Morgan fingerprint density at radius 2 is 1.87 bits per heavy atom. The molecule has 0 N–H and O–H groups in total. The zero-order valence-corrected chi connectivity index (χ0v) is 28.1. The van der Waals surface area contributed by atoms with Crippen LogP contribution in [0.4, 0.5) is 29.5 Å². The lowest BCUT2D eigenvalue weighted by Crippen LogP contribution is -2.56. The van der Waals surface area contributed by atoms with E-state index >= 15 is 0 Å². The number of likely N-dealkylation sites (tertiary alicyclic amines) is 1. The van der Waals surface area contributed by atoms with Crippen molar-refractivity contribution in [2.45, 2.75) is 76.5 Å². The number of anilines is 2. The van der Waals surface area contributed by atoms with E-state index in [-0.39, 0.29) is 48.4 Å². The SMILES string of the molecule is CO[C@@H]1C[C@@H](COc2nc3c(c(N4CCN(C(=O)OC(C)(C)C)[C@@H](CC#N)C4)n2)CCN(c2cccc(Cl)c2C(F)(F)F)C3)N(C)C1. The molecule has 0 radical (unpaired) electrons. The number of fused-ring (bicyclic) bond motifs is 1. The third kappa shape index (κ3) is 7.96. The Bertz CT molecular complexity index is 1500. The van der Waals surface area contributed by atoms with E-state index in [4.69, 9.17) is 35.8 Å². The molecule has 1 aromatic carbocycles. The van der Waals surface area contributed by atoms with E-state index in [9.17, 15) is 23.2 Å². The molecule has 0 spiro atoms. The third-order valence-corrected chi connectivity index (χ3v) is 9.08. The van der Waals surface area contributed by atoms with E-state index in [0.29, 0.717) is 44.2 Å². The van der Waals surface area contributed by atoms with Crippen LogP contribution >= 0.6 is 11.6 Å². The van der Waals surface area contributed by atoms with Crippen LogP contribution in [0.15, 0.2) is 18.2 Å². The Kier molecular flexibility index (Phi) is 10.3. The van der Waals surface area contributed by atoms with Crippen molar-refractivity contribution in [3.05, 3.63) is 40.0 Å². The molecule has 3 aliphatic heterocycles. The van der Waals surface area contributed by atoms with Crippen LogP contribution in [-0.4, -0.2) is 103 Å². The minimum Gasteiger partial charge on any atom is -0.462 e. The molecule has 15 heteroatoms. The number of carbonyl (C=O) groups is 1. The first kappa shape index (κ1) is 34.8. The first-order valence-corrected chi connectivity index (χ1v) is 16.0. The van der Waals surface area contributed by atoms with E-state index in [1.165, 1.54) is 18.2 Å². The molecule has 2 fully saturated rings. The van der Waals surface area contributed by atoms with Gasteiger partial charge in [-0.05, 0) is 52.8 Å². The number of rotatable bonds is 7. The molecule has 0 bridgehead atoms. The van der Waals surface area contributed by atoms with E-state index < -0.39 is 29.5 Å². The number of methoxy groups -OCH3 is 1. The van der Waals surface area contributed by atoms with E-state index in [1.807, 2.05) is 11.9 Å². The molecule has 47 heavy (non-hydrogen) atoms. The Balaban J connectivity index is 1.47. The highest BCUT2D eigenvalue weighted by atomic mass is 35.5. The Hall–Kier alpha value is -3.54. The van der Waals surface area contributed by atoms with Crippen molar-refractivity contribution in [3.63, 3.8) is 0 Å². The maximum Gasteiger partial charge on any atom is 0.419 e. The molecule has 1 aromatic heterocycles. The van der Waals surface area contributed by atoms with Crippen LogP contribution in [-0.2, 0) is 28.6 Å². The summed E-state index contributed by atoms with van der Waals surface area (Å²) in [4.78, 5) is 29.9. The van der Waals surface area contributed by atoms with Crippen LogP contribution in [0.5, 0.6) is 6.01 Å². The summed E-state index contributed by atoms with van der Waals surface area (Å²) < 4.78 is 59.6. The second-order valence-electron chi connectivity index (χ2n) is 13.2. The van der Waals surface area contributed by atoms with Crippen molar-refractivity contribution in [1.29, 1.82) is 5.26 Å². The molecule has 4 heterocycles. The van der Waals surface area contributed by atoms with Gasteiger partial charge in [0.05, 0.1) is 53.1 Å². The minimum absolute atomic E-state index is 0.0171. The van der Waals surface area contributed by atoms with Crippen LogP contribution in [0, 0.1) is 11.3 Å². The summed E-state index contributed by atoms with van der Waals surface area (Å²) in [5, 5.41) is 9.24. The van der Waals surface area contributed by atoms with Gasteiger partial charge in [0.25, 0.3) is 0 Å². The fourth-order valence-electron chi connectivity index (χ4n) is 6.43. The van der Waals surface area contributed by atoms with Crippen LogP contribution < -0.4 is 14.5 Å². The van der Waals surface area contributed by atoms with Gasteiger partial charge in [0.2, 0.25) is 0 Å². The quantitative estimate of drug-likeness (QED) is 0.390. The van der Waals surface area contributed by atoms with E-state index in [2.05, 4.69) is 11.0 Å². The van der Waals surface area contributed by atoms with Crippen molar-refractivity contribution in [1.82, 2.24) is 19.8 Å². The van der Waals surface area contributed by atoms with Gasteiger partial charge < -0.3 is 28.9 Å². The number of hydrogen-bond donors (Lipinski definition) is 0. The lowest BCUT2D eigenvalue weighted by atomic mass is 10.0. The molecule has 11 nitrogen and oxygen atoms in total. The molecule has 3 atom stereocenters. The monoisotopic (exact) mass is 679 g/mol. The Morgan fingerprint density at radius 3 is 2.53 bits per heavy atom. The molecule has 3 aliphatic rings. The second-order valence-corrected chi connectivity index (χ2v) is 13.6. The van der Waals surface area contributed by atoms with Crippen LogP contribution in [0.1, 0.15) is 50.4 Å². The number of carbonyl (C=O) groups excluding carboxylic acids is 1. The molecule has 256 valence electrons. The fourth-order valence-corrected chi connectivity index (χ4v) is 6.71. The zero-order chi connectivity index (χ0) is 34.1. The number of likely N-dealkylation sites (N-methyl/N-ethyl adjacent to an activating group) is 1. The topological polar surface area (TPSA) is 107 Å². The molecule has 0 unspecified atom stereocenters. The van der Waals surface area contributed by atoms with E-state index in [0.717, 1.165) is 18.5 Å². The first-order chi connectivity index (χ1) is 22.2. The minimum atomic E-state index is -4.64. The zero-order valence-electron chi connectivity index (χ0n) is 27.3. The fraction of sp³-hybridized carbons (Fsp3) is 0.625. The maximum atomic E-state index is 14.1. The standard InChI is InChI=1S/C32H41ClF3N7O4/c1-31(2,3)47-30(44)43-14-13-42(16-20(43)9-11-37)28-23-10-12-41(26-8-6-7-24(33)27(26)32(34,35)36)18-25(23)38-29(39-28)46-19-21-15-22(45-5)17-40(21)4/h6-8,20-22H,9-10,12-19H2,1-5H3/t20-,21-,22+/m0/s1. The summed E-state index contributed by atoms with van der Waals surface area (Å²) in [6.07, 6.45) is -3.82. The lowest BCUT2D eigenvalue weighted by molar-refractivity contribution is -0.137. The first-order valence-electron chi connectivity index (χ1n) is 15.7. The highest BCUT2D eigenvalue weighted by Crippen LogP contribution is 2.43.